The van der Waals surface area contributed by atoms with Gasteiger partial charge in [-0.05, 0) is 77.4 Å². The van der Waals surface area contributed by atoms with Crippen molar-refractivity contribution in [2.45, 2.75) is 84.4 Å². The number of anilines is 3. The Balaban J connectivity index is 0.000000134. The number of aromatic nitrogens is 12. The third-order valence-corrected chi connectivity index (χ3v) is 13.1. The summed E-state index contributed by atoms with van der Waals surface area (Å²) in [7, 11) is 0. The highest BCUT2D eigenvalue weighted by molar-refractivity contribution is 5.99. The highest BCUT2D eigenvalue weighted by atomic mass is 19.1. The molecule has 0 saturated carbocycles. The molecule has 9 aromatic rings. The van der Waals surface area contributed by atoms with E-state index >= 15 is 0 Å². The van der Waals surface area contributed by atoms with E-state index in [1.165, 1.54) is 35.1 Å². The maximum Gasteiger partial charge on any atom is 0.256 e. The molecule has 3 aliphatic heterocycles. The van der Waals surface area contributed by atoms with E-state index in [9.17, 15) is 18.0 Å². The minimum absolute atomic E-state index is 0.145. The molecule has 3 aliphatic rings. The molecule has 12 rings (SSSR count). The number of rotatable bonds is 1. The van der Waals surface area contributed by atoms with E-state index in [1.807, 2.05) is 59.1 Å². The molecule has 6 bridgehead atoms. The average Bonchev–Trinajstić information content (AvgIpc) is 4.31. The lowest BCUT2D eigenvalue weighted by atomic mass is 10.1. The largest absolute Gasteiger partial charge is 0.473 e. The number of carbonyl (C=O) groups is 1. The third-order valence-electron chi connectivity index (χ3n) is 13.1. The molecule has 0 radical (unpaired) electrons. The molecule has 408 valence electrons. The van der Waals surface area contributed by atoms with Gasteiger partial charge in [0.25, 0.3) is 5.91 Å². The summed E-state index contributed by atoms with van der Waals surface area (Å²) in [6.45, 7) is 20.9. The van der Waals surface area contributed by atoms with Crippen LogP contribution in [0.2, 0.25) is 0 Å². The van der Waals surface area contributed by atoms with Crippen molar-refractivity contribution in [1.82, 2.24) is 74.7 Å². The fraction of sp³-hybridized carbons (Fsp3) is 0.296. The van der Waals surface area contributed by atoms with Crippen LogP contribution in [0, 0.1) is 17.5 Å². The number of ether oxygens (including phenoxy) is 3. The van der Waals surface area contributed by atoms with Gasteiger partial charge in [-0.2, -0.15) is 15.3 Å². The van der Waals surface area contributed by atoms with Crippen molar-refractivity contribution in [1.29, 1.82) is 0 Å². The van der Waals surface area contributed by atoms with Crippen molar-refractivity contribution in [3.63, 3.8) is 0 Å². The molecule has 0 aliphatic carbocycles. The van der Waals surface area contributed by atoms with Crippen LogP contribution in [0.25, 0.3) is 28.3 Å². The fourth-order valence-corrected chi connectivity index (χ4v) is 8.80. The maximum absolute atomic E-state index is 13.8. The fourth-order valence-electron chi connectivity index (χ4n) is 8.80. The van der Waals surface area contributed by atoms with Crippen LogP contribution in [-0.2, 0) is 0 Å². The van der Waals surface area contributed by atoms with Crippen molar-refractivity contribution in [2.24, 2.45) is 0 Å². The predicted molar refractivity (Wildman–Crippen MR) is 289 cm³/mol. The Morgan fingerprint density at radius 1 is 0.532 bits per heavy atom. The Labute approximate surface area is 451 Å². The van der Waals surface area contributed by atoms with E-state index < -0.39 is 17.5 Å². The third kappa shape index (κ3) is 11.7. The molecule has 0 fully saturated rings. The second-order valence-corrected chi connectivity index (χ2v) is 19.1. The van der Waals surface area contributed by atoms with Crippen LogP contribution in [0.15, 0.2) is 105 Å². The number of amides is 1. The molecule has 22 nitrogen and oxygen atoms in total. The zero-order valence-corrected chi connectivity index (χ0v) is 44.0. The maximum atomic E-state index is 13.8. The van der Waals surface area contributed by atoms with Crippen molar-refractivity contribution in [3.05, 3.63) is 156 Å². The van der Waals surface area contributed by atoms with Crippen LogP contribution in [0.1, 0.15) is 104 Å². The molecule has 6 N–H and O–H groups in total. The average molecular weight is 1080 g/mol. The number of pyridine rings is 3. The van der Waals surface area contributed by atoms with Crippen LogP contribution in [-0.4, -0.2) is 103 Å². The van der Waals surface area contributed by atoms with E-state index in [0.717, 1.165) is 35.6 Å². The summed E-state index contributed by atoms with van der Waals surface area (Å²) in [5.41, 5.74) is 7.08. The van der Waals surface area contributed by atoms with Gasteiger partial charge in [-0.3, -0.25) is 4.79 Å². The van der Waals surface area contributed by atoms with Crippen molar-refractivity contribution >= 4 is 51.7 Å². The summed E-state index contributed by atoms with van der Waals surface area (Å²) in [6, 6.07) is 8.80. The van der Waals surface area contributed by atoms with Crippen LogP contribution in [0.5, 0.6) is 17.6 Å². The summed E-state index contributed by atoms with van der Waals surface area (Å²) < 4.78 is 64.1. The zero-order chi connectivity index (χ0) is 55.5. The van der Waals surface area contributed by atoms with Gasteiger partial charge in [0.15, 0.2) is 16.9 Å². The van der Waals surface area contributed by atoms with Crippen LogP contribution >= 0.6 is 0 Å². The van der Waals surface area contributed by atoms with Gasteiger partial charge in [-0.1, -0.05) is 20.1 Å². The van der Waals surface area contributed by atoms with Crippen molar-refractivity contribution in [2.75, 3.05) is 35.6 Å². The van der Waals surface area contributed by atoms with Gasteiger partial charge in [0.2, 0.25) is 17.6 Å². The second-order valence-electron chi connectivity index (χ2n) is 19.1. The van der Waals surface area contributed by atoms with Gasteiger partial charge >= 0.3 is 0 Å². The number of carbonyl (C=O) groups excluding carboxylic acids is 1. The van der Waals surface area contributed by atoms with Gasteiger partial charge in [-0.25, -0.2) is 56.6 Å². The first-order chi connectivity index (χ1) is 38.1. The summed E-state index contributed by atoms with van der Waals surface area (Å²) in [6.07, 6.45) is 13.8. The van der Waals surface area contributed by atoms with Crippen LogP contribution < -0.4 is 46.1 Å². The van der Waals surface area contributed by atoms with Gasteiger partial charge < -0.3 is 46.1 Å². The minimum atomic E-state index is -0.451. The summed E-state index contributed by atoms with van der Waals surface area (Å²) in [5.74, 6) is 1.38. The number of fused-ring (bicyclic) bond motifs is 6. The second kappa shape index (κ2) is 22.6. The van der Waals surface area contributed by atoms with Crippen LogP contribution in [0.4, 0.5) is 30.6 Å². The highest BCUT2D eigenvalue weighted by Gasteiger charge is 2.24. The Bertz CT molecular complexity index is 3580. The molecule has 25 heteroatoms. The Morgan fingerprint density at radius 3 is 1.32 bits per heavy atom. The number of nitrogens with zero attached hydrogens (tertiary/aromatic N) is 12. The molecule has 9 aromatic heterocycles. The monoisotopic (exact) mass is 1080 g/mol. The first-order valence-corrected chi connectivity index (χ1v) is 25.5. The first-order valence-electron chi connectivity index (χ1n) is 25.5. The van der Waals surface area contributed by atoms with E-state index in [2.05, 4.69) is 90.3 Å². The van der Waals surface area contributed by atoms with E-state index in [4.69, 9.17) is 14.2 Å². The Kier molecular flexibility index (Phi) is 15.1. The highest BCUT2D eigenvalue weighted by Crippen LogP contribution is 2.32. The topological polar surface area (TPSA) is 246 Å². The van der Waals surface area contributed by atoms with Gasteiger partial charge in [0, 0.05) is 46.7 Å². The van der Waals surface area contributed by atoms with Gasteiger partial charge in [0.05, 0.1) is 86.1 Å². The quantitative estimate of drug-likeness (QED) is 0.0915. The normalized spacial score (nSPS) is 20.1. The molecule has 1 amide bonds. The van der Waals surface area contributed by atoms with E-state index in [-0.39, 0.29) is 48.9 Å². The molecular weight excluding hydrogens is 1020 g/mol. The number of halogens is 3. The minimum Gasteiger partial charge on any atom is -0.473 e. The smallest absolute Gasteiger partial charge is 0.256 e. The SMILES string of the molecule is C=C1NC[C@@H](CC)Oc2ncc(F)cc2[C@@H](C)Nc2ccn3ncc1c3n2.C=C1NC[C@H](C)Oc2ncc(F)cc2[C@H](C)Nc2ccn3ncc1c3n2.C[C@H]1CNC(=O)c2cnn3ccc(nc23)N[C@H](C)c2cc(F)cnc2O1. The lowest BCUT2D eigenvalue weighted by Gasteiger charge is -2.22. The lowest BCUT2D eigenvalue weighted by Crippen LogP contribution is -2.34. The predicted octanol–water partition coefficient (Wildman–Crippen LogP) is 7.89. The lowest BCUT2D eigenvalue weighted by molar-refractivity contribution is 0.0931. The first kappa shape index (κ1) is 52.9. The molecule has 0 unspecified atom stereocenters. The van der Waals surface area contributed by atoms with Crippen molar-refractivity contribution in [3.8, 4) is 17.6 Å². The molecule has 0 spiro atoms. The number of nitrogens with one attached hydrogen (secondary N) is 6. The molecule has 6 atom stereocenters. The molecule has 0 saturated heterocycles. The Morgan fingerprint density at radius 2 is 0.899 bits per heavy atom. The summed E-state index contributed by atoms with van der Waals surface area (Å²) in [4.78, 5) is 38.6. The number of hydrogen-bond acceptors (Lipinski definition) is 18. The number of hydrogen-bond donors (Lipinski definition) is 6. The van der Waals surface area contributed by atoms with E-state index in [0.29, 0.717) is 93.1 Å². The van der Waals surface area contributed by atoms with Crippen LogP contribution in [0.3, 0.4) is 0 Å². The standard InChI is InChI=1S/C19H21FN6O.C18H19FN6O.C17H17FN6O2/c1-4-14-9-21-11(2)16-10-23-26-6-5-17(25-18(16)26)24-12(3)15-7-13(20)8-22-19(15)27-14;1-10-7-20-11(2)15-9-22-25-5-4-16(24-17(15)25)23-12(3)14-6-13(19)8-21-18(14)26-10;1-9-6-19-16(25)13-8-21-24-4-3-14(23-15(13)24)22-10(2)12-5-11(18)7-20-17(12)26-9/h5-8,10,12,14,21H,2,4,9H2,1,3H3,(H,24,25);4-6,8-10,12,20H,2,7H2,1,3H3,(H,23,24);3-5,7-10H,6H2,1-2H3,(H,19,25)(H,22,23)/t12-,14-;10-,12-;9-,10+/m100/s1. The zero-order valence-electron chi connectivity index (χ0n) is 44.0. The molecule has 12 heterocycles. The molecule has 0 aromatic carbocycles. The molecule has 79 heavy (non-hydrogen) atoms. The summed E-state index contributed by atoms with van der Waals surface area (Å²) in [5, 5.41) is 31.9. The summed E-state index contributed by atoms with van der Waals surface area (Å²) >= 11 is 0. The Hall–Kier alpha value is -9.55. The molecular formula is C54H57F3N18O4. The van der Waals surface area contributed by atoms with Gasteiger partial charge in [0.1, 0.15) is 58.8 Å². The van der Waals surface area contributed by atoms with Crippen molar-refractivity contribution < 1.29 is 32.2 Å². The van der Waals surface area contributed by atoms with E-state index in [1.54, 1.807) is 40.6 Å². The van der Waals surface area contributed by atoms with Gasteiger partial charge in [-0.15, -0.1) is 0 Å².